The molecule has 0 spiro atoms. The molecule has 0 amide bonds. The minimum Gasteiger partial charge on any atom is -0.361 e. The van der Waals surface area contributed by atoms with Crippen LogP contribution < -0.4 is 13.9 Å². The van der Waals surface area contributed by atoms with Crippen LogP contribution in [0, 0.1) is 0 Å². The summed E-state index contributed by atoms with van der Waals surface area (Å²) in [5.74, 6) is 0. The SMILES string of the molecule is C[Si]1(C)N[Si](C)(C)[Si](C)(C)N[Si](C)(C)[Si](C)(C)N[Si]1(C)C. The van der Waals surface area contributed by atoms with Gasteiger partial charge in [-0.3, -0.25) is 0 Å². The topological polar surface area (TPSA) is 36.1 Å². The van der Waals surface area contributed by atoms with Crippen LogP contribution >= 0.6 is 0 Å². The molecule has 1 heterocycles. The van der Waals surface area contributed by atoms with Crippen molar-refractivity contribution in [2.45, 2.75) is 78.6 Å². The van der Waals surface area contributed by atoms with Crippen LogP contribution in [0.2, 0.25) is 78.6 Å². The van der Waals surface area contributed by atoms with E-state index in [0.717, 1.165) is 0 Å². The van der Waals surface area contributed by atoms with Gasteiger partial charge in [0.15, 0.2) is 0 Å². The summed E-state index contributed by atoms with van der Waals surface area (Å²) in [4.78, 5) is 0. The number of nitrogens with one attached hydrogen (secondary N) is 3. The third-order valence-electron chi connectivity index (χ3n) is 6.56. The van der Waals surface area contributed by atoms with Gasteiger partial charge in [-0.2, -0.15) is 0 Å². The summed E-state index contributed by atoms with van der Waals surface area (Å²) in [6.07, 6.45) is 0. The van der Waals surface area contributed by atoms with E-state index in [1.807, 2.05) is 0 Å². The molecule has 0 saturated carbocycles. The standard InChI is InChI=1S/C12H39N3Si6/c1-16(2)13-18(5,6)20(9,10)15-21(11,12)19(7,8)14-17(16,3)4/h13-15H,1-12H3. The highest BCUT2D eigenvalue weighted by Crippen LogP contribution is 2.28. The molecular weight excluding hydrogens is 355 g/mol. The van der Waals surface area contributed by atoms with E-state index < -0.39 is 46.5 Å². The summed E-state index contributed by atoms with van der Waals surface area (Å²) in [5, 5.41) is 0. The molecule has 1 fully saturated rings. The smallest absolute Gasteiger partial charge is 0.119 e. The van der Waals surface area contributed by atoms with E-state index in [0.29, 0.717) is 0 Å². The molecule has 0 aromatic rings. The van der Waals surface area contributed by atoms with Gasteiger partial charge >= 0.3 is 0 Å². The lowest BCUT2D eigenvalue weighted by atomic mass is 11.9. The maximum Gasteiger partial charge on any atom is 0.119 e. The average Bonchev–Trinajstić information content (AvgIpc) is 2.09. The van der Waals surface area contributed by atoms with Crippen LogP contribution in [-0.4, -0.2) is 46.5 Å². The minimum absolute atomic E-state index is 1.42. The second-order valence-corrected chi connectivity index (χ2v) is 55.1. The summed E-state index contributed by atoms with van der Waals surface area (Å²) in [6.45, 7) is 31.1. The lowest BCUT2D eigenvalue weighted by molar-refractivity contribution is 1.30. The first-order valence-electron chi connectivity index (χ1n) is 8.25. The van der Waals surface area contributed by atoms with Crippen LogP contribution in [0.1, 0.15) is 0 Å². The fourth-order valence-electron chi connectivity index (χ4n) is 3.28. The Hall–Kier alpha value is 1.18. The number of hydrogen-bond acceptors (Lipinski definition) is 3. The van der Waals surface area contributed by atoms with Crippen molar-refractivity contribution < 1.29 is 0 Å². The Morgan fingerprint density at radius 2 is 0.381 bits per heavy atom. The molecule has 1 aliphatic rings. The van der Waals surface area contributed by atoms with Gasteiger partial charge in [0, 0.05) is 0 Å². The van der Waals surface area contributed by atoms with Crippen LogP contribution in [0.5, 0.6) is 0 Å². The normalized spacial score (nSPS) is 32.6. The molecular formula is C12H39N3Si6. The van der Waals surface area contributed by atoms with Crippen molar-refractivity contribution in [2.24, 2.45) is 0 Å². The Bertz CT molecular complexity index is 319. The average molecular weight is 394 g/mol. The Morgan fingerprint density at radius 1 is 0.286 bits per heavy atom. The fourth-order valence-corrected chi connectivity index (χ4v) is 66.7. The lowest BCUT2D eigenvalue weighted by Gasteiger charge is -2.48. The molecule has 0 atom stereocenters. The molecule has 1 rings (SSSR count). The van der Waals surface area contributed by atoms with E-state index in [4.69, 9.17) is 0 Å². The monoisotopic (exact) mass is 393 g/mol. The Balaban J connectivity index is 3.50. The second kappa shape index (κ2) is 5.34. The molecule has 3 N–H and O–H groups in total. The van der Waals surface area contributed by atoms with Crippen LogP contribution in [-0.2, 0) is 0 Å². The van der Waals surface area contributed by atoms with Crippen molar-refractivity contribution in [2.75, 3.05) is 0 Å². The van der Waals surface area contributed by atoms with Gasteiger partial charge in [0.2, 0.25) is 0 Å². The maximum atomic E-state index is 4.35. The van der Waals surface area contributed by atoms with Crippen LogP contribution in [0.15, 0.2) is 0 Å². The van der Waals surface area contributed by atoms with E-state index in [-0.39, 0.29) is 0 Å². The van der Waals surface area contributed by atoms with E-state index >= 15 is 0 Å². The molecule has 126 valence electrons. The summed E-state index contributed by atoms with van der Waals surface area (Å²) < 4.78 is 13.1. The van der Waals surface area contributed by atoms with Gasteiger partial charge in [0.25, 0.3) is 0 Å². The molecule has 3 nitrogen and oxygen atoms in total. The van der Waals surface area contributed by atoms with E-state index in [1.165, 1.54) is 0 Å². The predicted molar refractivity (Wildman–Crippen MR) is 114 cm³/mol. The maximum absolute atomic E-state index is 4.35. The Morgan fingerprint density at radius 3 is 0.476 bits per heavy atom. The first-order valence-corrected chi connectivity index (χ1v) is 29.2. The molecule has 1 aliphatic heterocycles. The third kappa shape index (κ3) is 3.65. The highest BCUT2D eigenvalue weighted by Gasteiger charge is 2.58. The van der Waals surface area contributed by atoms with Crippen molar-refractivity contribution in [3.63, 3.8) is 0 Å². The minimum atomic E-state index is -1.42. The van der Waals surface area contributed by atoms with Crippen molar-refractivity contribution in [1.29, 1.82) is 0 Å². The first kappa shape index (κ1) is 20.2. The number of hydrogen-bond donors (Lipinski definition) is 3. The van der Waals surface area contributed by atoms with Gasteiger partial charge in [-0.25, -0.2) is 0 Å². The van der Waals surface area contributed by atoms with E-state index in [2.05, 4.69) is 92.5 Å². The van der Waals surface area contributed by atoms with Crippen LogP contribution in [0.4, 0.5) is 0 Å². The van der Waals surface area contributed by atoms with Gasteiger partial charge in [-0.05, 0) is 0 Å². The summed E-state index contributed by atoms with van der Waals surface area (Å²) in [7, 11) is -8.50. The predicted octanol–water partition coefficient (Wildman–Crippen LogP) is 3.23. The lowest BCUT2D eigenvalue weighted by Crippen LogP contribution is -2.82. The molecule has 0 aromatic heterocycles. The van der Waals surface area contributed by atoms with Gasteiger partial charge < -0.3 is 13.9 Å². The third-order valence-corrected chi connectivity index (χ3v) is 65.8. The zero-order chi connectivity index (χ0) is 17.1. The molecule has 0 radical (unpaired) electrons. The van der Waals surface area contributed by atoms with E-state index in [9.17, 15) is 0 Å². The summed E-state index contributed by atoms with van der Waals surface area (Å²) >= 11 is 0. The molecule has 9 heteroatoms. The molecule has 0 aliphatic carbocycles. The molecule has 1 saturated heterocycles. The molecule has 0 aromatic carbocycles. The summed E-state index contributed by atoms with van der Waals surface area (Å²) in [5.41, 5.74) is 0. The van der Waals surface area contributed by atoms with Crippen LogP contribution in [0.25, 0.3) is 0 Å². The van der Waals surface area contributed by atoms with Gasteiger partial charge in [-0.15, -0.1) is 0 Å². The quantitative estimate of drug-likeness (QED) is 0.553. The molecule has 21 heavy (non-hydrogen) atoms. The molecule has 0 bridgehead atoms. The van der Waals surface area contributed by atoms with Crippen LogP contribution in [0.3, 0.4) is 0 Å². The Kier molecular flexibility index (Phi) is 5.15. The highest BCUT2D eigenvalue weighted by atomic mass is 29.3. The fraction of sp³-hybridized carbons (Fsp3) is 1.00. The zero-order valence-corrected chi connectivity index (χ0v) is 22.5. The van der Waals surface area contributed by atoms with Crippen molar-refractivity contribution in [1.82, 2.24) is 13.9 Å². The van der Waals surface area contributed by atoms with E-state index in [1.54, 1.807) is 0 Å². The zero-order valence-electron chi connectivity index (χ0n) is 16.5. The largest absolute Gasteiger partial charge is 0.361 e. The second-order valence-electron chi connectivity index (χ2n) is 10.1. The highest BCUT2D eigenvalue weighted by molar-refractivity contribution is 7.55. The Labute approximate surface area is 139 Å². The summed E-state index contributed by atoms with van der Waals surface area (Å²) in [6, 6.07) is 0. The van der Waals surface area contributed by atoms with Crippen molar-refractivity contribution in [3.8, 4) is 0 Å². The van der Waals surface area contributed by atoms with Gasteiger partial charge in [-0.1, -0.05) is 78.6 Å². The molecule has 0 unspecified atom stereocenters. The van der Waals surface area contributed by atoms with Gasteiger partial charge in [0.1, 0.15) is 46.5 Å². The van der Waals surface area contributed by atoms with Crippen molar-refractivity contribution >= 4 is 46.5 Å². The number of rotatable bonds is 0. The first-order chi connectivity index (χ1) is 8.87. The van der Waals surface area contributed by atoms with Crippen molar-refractivity contribution in [3.05, 3.63) is 0 Å². The van der Waals surface area contributed by atoms with Gasteiger partial charge in [0.05, 0.1) is 0 Å².